The lowest BCUT2D eigenvalue weighted by molar-refractivity contribution is 0.0215. The second kappa shape index (κ2) is 6.04. The molecule has 2 aliphatic rings. The summed E-state index contributed by atoms with van der Waals surface area (Å²) in [6.07, 6.45) is 0. The van der Waals surface area contributed by atoms with Crippen LogP contribution in [0.3, 0.4) is 0 Å². The van der Waals surface area contributed by atoms with Crippen LogP contribution in [0.25, 0.3) is 0 Å². The zero-order chi connectivity index (χ0) is 21.4. The average Bonchev–Trinajstić information content (AvgIpc) is 3.01. The molecule has 0 radical (unpaired) electrons. The molecular formula is C21H10Cl2O7. The maximum Gasteiger partial charge on any atom is 0.340 e. The Morgan fingerprint density at radius 2 is 1.63 bits per heavy atom. The SMILES string of the molecule is O=C1OC2(c3ccccc31)c1ccc(O)c(Cl)c1Oc1c(Cl)c(O)cc(C(=O)O)c12. The van der Waals surface area contributed by atoms with Gasteiger partial charge in [0.25, 0.3) is 0 Å². The van der Waals surface area contributed by atoms with Crippen molar-refractivity contribution in [2.75, 3.05) is 0 Å². The molecule has 0 aliphatic carbocycles. The van der Waals surface area contributed by atoms with Gasteiger partial charge in [0, 0.05) is 11.1 Å². The van der Waals surface area contributed by atoms with Gasteiger partial charge in [-0.25, -0.2) is 9.59 Å². The number of esters is 1. The Balaban J connectivity index is 2.02. The van der Waals surface area contributed by atoms with Gasteiger partial charge in [-0.3, -0.25) is 0 Å². The Hall–Kier alpha value is -3.42. The van der Waals surface area contributed by atoms with Gasteiger partial charge in [-0.05, 0) is 24.3 Å². The van der Waals surface area contributed by atoms with Gasteiger partial charge < -0.3 is 24.8 Å². The van der Waals surface area contributed by atoms with Crippen molar-refractivity contribution in [3.63, 3.8) is 0 Å². The molecule has 3 aromatic rings. The van der Waals surface area contributed by atoms with E-state index in [9.17, 15) is 24.9 Å². The lowest BCUT2D eigenvalue weighted by Gasteiger charge is -2.38. The Morgan fingerprint density at radius 1 is 0.933 bits per heavy atom. The summed E-state index contributed by atoms with van der Waals surface area (Å²) < 4.78 is 11.6. The lowest BCUT2D eigenvalue weighted by atomic mass is 9.75. The van der Waals surface area contributed by atoms with E-state index in [-0.39, 0.29) is 49.5 Å². The molecule has 1 spiro atoms. The number of halogens is 2. The third-order valence-electron chi connectivity index (χ3n) is 5.22. The van der Waals surface area contributed by atoms with Gasteiger partial charge in [0.05, 0.1) is 16.7 Å². The third-order valence-corrected chi connectivity index (χ3v) is 5.95. The maximum absolute atomic E-state index is 12.8. The highest BCUT2D eigenvalue weighted by Crippen LogP contribution is 2.61. The van der Waals surface area contributed by atoms with Crippen LogP contribution in [0.4, 0.5) is 0 Å². The Bertz CT molecular complexity index is 1300. The van der Waals surface area contributed by atoms with E-state index in [0.29, 0.717) is 5.56 Å². The fourth-order valence-corrected chi connectivity index (χ4v) is 4.39. The summed E-state index contributed by atoms with van der Waals surface area (Å²) in [5.41, 5.74) is -1.41. The quantitative estimate of drug-likeness (QED) is 0.467. The molecule has 0 saturated carbocycles. The lowest BCUT2D eigenvalue weighted by Crippen LogP contribution is -2.35. The van der Waals surface area contributed by atoms with Crippen molar-refractivity contribution in [3.05, 3.63) is 80.3 Å². The van der Waals surface area contributed by atoms with E-state index in [2.05, 4.69) is 0 Å². The second-order valence-corrected chi connectivity index (χ2v) is 7.52. The smallest absolute Gasteiger partial charge is 0.340 e. The number of hydrogen-bond donors (Lipinski definition) is 3. The molecule has 0 aromatic heterocycles. The van der Waals surface area contributed by atoms with Crippen LogP contribution >= 0.6 is 23.2 Å². The topological polar surface area (TPSA) is 113 Å². The number of aromatic carboxylic acids is 1. The number of carbonyl (C=O) groups is 2. The first-order valence-corrected chi connectivity index (χ1v) is 9.34. The fourth-order valence-electron chi connectivity index (χ4n) is 4.00. The zero-order valence-electron chi connectivity index (χ0n) is 14.8. The van der Waals surface area contributed by atoms with E-state index in [1.54, 1.807) is 24.3 Å². The van der Waals surface area contributed by atoms with Gasteiger partial charge in [0.2, 0.25) is 0 Å². The number of phenols is 2. The first-order valence-electron chi connectivity index (χ1n) is 8.59. The van der Waals surface area contributed by atoms with Crippen molar-refractivity contribution in [3.8, 4) is 23.0 Å². The summed E-state index contributed by atoms with van der Waals surface area (Å²) in [4.78, 5) is 24.9. The van der Waals surface area contributed by atoms with E-state index in [1.165, 1.54) is 12.1 Å². The molecule has 2 heterocycles. The molecule has 9 heteroatoms. The van der Waals surface area contributed by atoms with Crippen molar-refractivity contribution in [2.24, 2.45) is 0 Å². The van der Waals surface area contributed by atoms with Crippen LogP contribution in [0.1, 0.15) is 37.4 Å². The normalized spacial score (nSPS) is 18.3. The summed E-state index contributed by atoms with van der Waals surface area (Å²) in [6, 6.07) is 10.2. The summed E-state index contributed by atoms with van der Waals surface area (Å²) in [7, 11) is 0. The summed E-state index contributed by atoms with van der Waals surface area (Å²) in [6.45, 7) is 0. The van der Waals surface area contributed by atoms with Gasteiger partial charge in [-0.15, -0.1) is 0 Å². The molecule has 0 amide bonds. The first kappa shape index (κ1) is 18.6. The molecule has 150 valence electrons. The minimum atomic E-state index is -1.76. The number of carboxylic acids is 1. The van der Waals surface area contributed by atoms with E-state index >= 15 is 0 Å². The minimum Gasteiger partial charge on any atom is -0.506 e. The number of phenolic OH excluding ortho intramolecular Hbond substituents is 2. The maximum atomic E-state index is 12.8. The van der Waals surface area contributed by atoms with E-state index < -0.39 is 23.3 Å². The van der Waals surface area contributed by atoms with Gasteiger partial charge in [-0.2, -0.15) is 0 Å². The number of ether oxygens (including phenoxy) is 2. The number of hydrogen-bond acceptors (Lipinski definition) is 6. The molecule has 30 heavy (non-hydrogen) atoms. The molecule has 0 bridgehead atoms. The standard InChI is InChI=1S/C21H10Cl2O7/c22-15-12(24)6-5-11-17(15)29-18-14(9(19(26)27)7-13(25)16(18)23)21(11)10-4-2-1-3-8(10)20(28)30-21/h1-7,24-25H,(H,26,27). The van der Waals surface area contributed by atoms with Gasteiger partial charge in [0.15, 0.2) is 17.1 Å². The number of carbonyl (C=O) groups excluding carboxylic acids is 1. The van der Waals surface area contributed by atoms with E-state index in [4.69, 9.17) is 32.7 Å². The van der Waals surface area contributed by atoms with Crippen LogP contribution in [-0.2, 0) is 10.3 Å². The summed E-state index contributed by atoms with van der Waals surface area (Å²) in [5.74, 6) is -3.23. The predicted molar refractivity (Wildman–Crippen MR) is 105 cm³/mol. The molecule has 3 N–H and O–H groups in total. The monoisotopic (exact) mass is 444 g/mol. The second-order valence-electron chi connectivity index (χ2n) is 6.76. The number of fused-ring (bicyclic) bond motifs is 6. The predicted octanol–water partition coefficient (Wildman–Crippen LogP) is 4.67. The van der Waals surface area contributed by atoms with Crippen molar-refractivity contribution in [1.29, 1.82) is 0 Å². The molecule has 1 unspecified atom stereocenters. The Labute approximate surface area is 178 Å². The van der Waals surface area contributed by atoms with E-state index in [1.807, 2.05) is 0 Å². The van der Waals surface area contributed by atoms with Crippen molar-refractivity contribution in [2.45, 2.75) is 5.60 Å². The zero-order valence-corrected chi connectivity index (χ0v) is 16.3. The van der Waals surface area contributed by atoms with Crippen molar-refractivity contribution in [1.82, 2.24) is 0 Å². The molecule has 5 rings (SSSR count). The van der Waals surface area contributed by atoms with Crippen LogP contribution in [-0.4, -0.2) is 27.3 Å². The fraction of sp³-hybridized carbons (Fsp3) is 0.0476. The molecule has 3 aromatic carbocycles. The van der Waals surface area contributed by atoms with Crippen LogP contribution in [0.15, 0.2) is 42.5 Å². The van der Waals surface area contributed by atoms with Gasteiger partial charge >= 0.3 is 11.9 Å². The van der Waals surface area contributed by atoms with Crippen molar-refractivity contribution < 1.29 is 34.4 Å². The average molecular weight is 445 g/mol. The molecular weight excluding hydrogens is 435 g/mol. The van der Waals surface area contributed by atoms with Gasteiger partial charge in [-0.1, -0.05) is 41.4 Å². The van der Waals surface area contributed by atoms with Crippen molar-refractivity contribution >= 4 is 35.1 Å². The number of rotatable bonds is 1. The van der Waals surface area contributed by atoms with E-state index in [0.717, 1.165) is 6.07 Å². The highest BCUT2D eigenvalue weighted by atomic mass is 35.5. The summed E-state index contributed by atoms with van der Waals surface area (Å²) >= 11 is 12.5. The minimum absolute atomic E-state index is 0.0645. The first-order chi connectivity index (χ1) is 14.3. The number of carboxylic acid groups (broad SMARTS) is 1. The highest BCUT2D eigenvalue weighted by molar-refractivity contribution is 6.35. The Kier molecular flexibility index (Phi) is 3.75. The van der Waals surface area contributed by atoms with Crippen LogP contribution in [0.2, 0.25) is 10.0 Å². The van der Waals surface area contributed by atoms with Gasteiger partial charge in [0.1, 0.15) is 21.5 Å². The van der Waals surface area contributed by atoms with Crippen LogP contribution in [0.5, 0.6) is 23.0 Å². The third kappa shape index (κ3) is 2.16. The largest absolute Gasteiger partial charge is 0.506 e. The highest BCUT2D eigenvalue weighted by Gasteiger charge is 2.56. The summed E-state index contributed by atoms with van der Waals surface area (Å²) in [5, 5.41) is 29.6. The molecule has 1 atom stereocenters. The van der Waals surface area contributed by atoms with Crippen LogP contribution in [0, 0.1) is 0 Å². The molecule has 2 aliphatic heterocycles. The number of benzene rings is 3. The Morgan fingerprint density at radius 3 is 2.37 bits per heavy atom. The molecule has 7 nitrogen and oxygen atoms in total. The molecule has 0 saturated heterocycles. The number of aromatic hydroxyl groups is 2. The molecule has 0 fully saturated rings. The van der Waals surface area contributed by atoms with Crippen LogP contribution < -0.4 is 4.74 Å².